The Hall–Kier alpha value is -2.49. The van der Waals surface area contributed by atoms with E-state index in [2.05, 4.69) is 9.82 Å². The molecule has 0 spiro atoms. The van der Waals surface area contributed by atoms with Gasteiger partial charge in [-0.2, -0.15) is 5.10 Å². The summed E-state index contributed by atoms with van der Waals surface area (Å²) in [5, 5.41) is 14.6. The molecule has 0 aliphatic rings. The van der Waals surface area contributed by atoms with Crippen molar-refractivity contribution in [3.8, 4) is 0 Å². The zero-order valence-electron chi connectivity index (χ0n) is 17.1. The van der Waals surface area contributed by atoms with E-state index in [1.807, 2.05) is 0 Å². The largest absolute Gasteiger partial charge is 0.376 e. The van der Waals surface area contributed by atoms with Crippen LogP contribution in [-0.2, 0) is 15.6 Å². The summed E-state index contributed by atoms with van der Waals surface area (Å²) in [6.07, 6.45) is 0.0563. The molecule has 1 aromatic heterocycles. The van der Waals surface area contributed by atoms with Crippen LogP contribution in [0, 0.1) is 5.82 Å². The molecule has 0 bridgehead atoms. The first-order chi connectivity index (χ1) is 14.8. The lowest BCUT2D eigenvalue weighted by atomic mass is 9.85. The van der Waals surface area contributed by atoms with Crippen LogP contribution in [0.25, 0.3) is 10.9 Å². The third kappa shape index (κ3) is 4.76. The van der Waals surface area contributed by atoms with Gasteiger partial charge in [0.2, 0.25) is 10.0 Å². The number of nitrogens with zero attached hydrogens (tertiary/aromatic N) is 2. The van der Waals surface area contributed by atoms with Crippen molar-refractivity contribution >= 4 is 36.8 Å². The first-order valence-corrected chi connectivity index (χ1v) is 13.1. The molecule has 2 unspecified atom stereocenters. The van der Waals surface area contributed by atoms with Crippen LogP contribution < -0.4 is 10.5 Å². The predicted octanol–water partition coefficient (Wildman–Crippen LogP) is 4.64. The standard InChI is InChI=1S/C18H20F6N4O3S2/c1-3-18(17(25)29,11-4-6-13(7-5-11)33(20,21,22,23)24)28-16-9-12(19)8-15(14(16)10-26-28)27-32(2,30)31/h4-10,17,27,29H,3,25H2,1-2H3. The van der Waals surface area contributed by atoms with E-state index in [9.17, 15) is 37.3 Å². The first-order valence-electron chi connectivity index (χ1n) is 9.22. The maximum absolute atomic E-state index is 14.3. The van der Waals surface area contributed by atoms with Crippen molar-refractivity contribution in [2.45, 2.75) is 30.0 Å². The van der Waals surface area contributed by atoms with E-state index in [0.29, 0.717) is 0 Å². The molecule has 0 amide bonds. The highest BCUT2D eigenvalue weighted by atomic mass is 32.5. The zero-order valence-corrected chi connectivity index (χ0v) is 18.8. The van der Waals surface area contributed by atoms with E-state index in [1.54, 1.807) is 0 Å². The second kappa shape index (κ2) is 7.01. The normalized spacial score (nSPS) is 17.8. The number of aromatic nitrogens is 2. The zero-order chi connectivity index (χ0) is 25.1. The van der Waals surface area contributed by atoms with E-state index < -0.39 is 42.7 Å². The third-order valence-electron chi connectivity index (χ3n) is 5.15. The van der Waals surface area contributed by atoms with E-state index in [0.717, 1.165) is 41.4 Å². The molecule has 4 N–H and O–H groups in total. The number of sulfonamides is 1. The van der Waals surface area contributed by atoms with Crippen molar-refractivity contribution in [3.63, 3.8) is 0 Å². The average molecular weight is 519 g/mol. The summed E-state index contributed by atoms with van der Waals surface area (Å²) in [7, 11) is -13.8. The maximum atomic E-state index is 14.3. The Morgan fingerprint density at radius 2 is 1.76 bits per heavy atom. The van der Waals surface area contributed by atoms with Crippen LogP contribution in [0.5, 0.6) is 0 Å². The van der Waals surface area contributed by atoms with Gasteiger partial charge in [-0.25, -0.2) is 12.8 Å². The Kier molecular flexibility index (Phi) is 5.34. The number of aliphatic hydroxyl groups is 1. The van der Waals surface area contributed by atoms with Crippen molar-refractivity contribution in [1.82, 2.24) is 9.78 Å². The highest BCUT2D eigenvalue weighted by Gasteiger charge is 2.65. The molecule has 0 aliphatic heterocycles. The molecule has 0 aliphatic carbocycles. The Morgan fingerprint density at radius 3 is 2.21 bits per heavy atom. The molecule has 1 heterocycles. The maximum Gasteiger partial charge on any atom is 0.310 e. The average Bonchev–Trinajstić information content (AvgIpc) is 3.04. The molecule has 184 valence electrons. The van der Waals surface area contributed by atoms with E-state index in [4.69, 9.17) is 5.73 Å². The number of nitrogens with two attached hydrogens (primary N) is 1. The minimum atomic E-state index is -9.95. The molecule has 3 rings (SSSR count). The summed E-state index contributed by atoms with van der Waals surface area (Å²) < 4.78 is 106. The van der Waals surface area contributed by atoms with Crippen LogP contribution in [0.4, 0.5) is 29.5 Å². The topological polar surface area (TPSA) is 110 Å². The lowest BCUT2D eigenvalue weighted by Crippen LogP contribution is -2.51. The predicted molar refractivity (Wildman–Crippen MR) is 114 cm³/mol. The van der Waals surface area contributed by atoms with Crippen molar-refractivity contribution in [3.05, 3.63) is 54.0 Å². The number of halogens is 6. The highest BCUT2D eigenvalue weighted by molar-refractivity contribution is 8.45. The molecule has 2 atom stereocenters. The fourth-order valence-corrected chi connectivity index (χ4v) is 4.90. The molecule has 7 nitrogen and oxygen atoms in total. The number of fused-ring (bicyclic) bond motifs is 1. The van der Waals surface area contributed by atoms with E-state index in [1.165, 1.54) is 6.92 Å². The number of nitrogens with one attached hydrogen (secondary N) is 1. The lowest BCUT2D eigenvalue weighted by molar-refractivity contribution is 0.0569. The molecular weight excluding hydrogens is 498 g/mol. The Morgan fingerprint density at radius 1 is 1.18 bits per heavy atom. The molecule has 0 saturated carbocycles. The van der Waals surface area contributed by atoms with Gasteiger partial charge in [-0.15, -0.1) is 0 Å². The number of aliphatic hydroxyl groups excluding tert-OH is 1. The molecule has 15 heteroatoms. The SMILES string of the molecule is CCC(c1ccc(S(F)(F)(F)(F)F)cc1)(C(N)O)n1ncc2c(NS(C)(=O)=O)cc(F)cc21. The Bertz CT molecular complexity index is 1330. The van der Waals surface area contributed by atoms with Crippen LogP contribution in [0.1, 0.15) is 18.9 Å². The Labute approximate surface area is 185 Å². The number of rotatable bonds is 7. The molecule has 0 fully saturated rings. The number of benzene rings is 2. The smallest absolute Gasteiger partial charge is 0.310 e. The summed E-state index contributed by atoms with van der Waals surface area (Å²) in [6, 6.07) is 3.67. The quantitative estimate of drug-likeness (QED) is 0.312. The minimum Gasteiger partial charge on any atom is -0.376 e. The van der Waals surface area contributed by atoms with Crippen molar-refractivity contribution < 1.29 is 37.3 Å². The van der Waals surface area contributed by atoms with Gasteiger partial charge in [0.15, 0.2) is 0 Å². The van der Waals surface area contributed by atoms with Gasteiger partial charge in [-0.05, 0) is 36.2 Å². The molecule has 2 aromatic carbocycles. The van der Waals surface area contributed by atoms with Gasteiger partial charge in [-0.1, -0.05) is 38.5 Å². The van der Waals surface area contributed by atoms with Crippen molar-refractivity contribution in [2.24, 2.45) is 5.73 Å². The fourth-order valence-electron chi connectivity index (χ4n) is 3.68. The summed E-state index contributed by atoms with van der Waals surface area (Å²) in [5.74, 6) is -0.886. The summed E-state index contributed by atoms with van der Waals surface area (Å²) >= 11 is 0. The van der Waals surface area contributed by atoms with Crippen LogP contribution in [0.15, 0.2) is 47.5 Å². The first kappa shape index (κ1) is 25.1. The van der Waals surface area contributed by atoms with E-state index >= 15 is 0 Å². The summed E-state index contributed by atoms with van der Waals surface area (Å²) in [6.45, 7) is 1.50. The van der Waals surface area contributed by atoms with Crippen molar-refractivity contribution in [2.75, 3.05) is 11.0 Å². The lowest BCUT2D eigenvalue weighted by Gasteiger charge is -2.41. The van der Waals surface area contributed by atoms with E-state index in [-0.39, 0.29) is 40.7 Å². The van der Waals surface area contributed by atoms with Gasteiger partial charge in [0.1, 0.15) is 22.5 Å². The van der Waals surface area contributed by atoms with Gasteiger partial charge >= 0.3 is 10.2 Å². The Balaban J connectivity index is 2.29. The molecule has 33 heavy (non-hydrogen) atoms. The highest BCUT2D eigenvalue weighted by Crippen LogP contribution is 3.02. The number of hydrogen-bond donors (Lipinski definition) is 3. The number of hydrogen-bond acceptors (Lipinski definition) is 5. The minimum absolute atomic E-state index is 0.0516. The van der Waals surface area contributed by atoms with Gasteiger partial charge in [0, 0.05) is 5.39 Å². The van der Waals surface area contributed by atoms with Crippen LogP contribution in [0.2, 0.25) is 0 Å². The monoisotopic (exact) mass is 518 g/mol. The number of anilines is 1. The third-order valence-corrected chi connectivity index (χ3v) is 6.91. The molecular formula is C18H20F6N4O3S2. The molecule has 3 aromatic rings. The van der Waals surface area contributed by atoms with Crippen LogP contribution in [-0.4, -0.2) is 35.8 Å². The van der Waals surface area contributed by atoms with Gasteiger partial charge in [0.25, 0.3) is 0 Å². The molecule has 0 radical (unpaired) electrons. The second-order valence-electron chi connectivity index (χ2n) is 7.53. The second-order valence-corrected chi connectivity index (χ2v) is 11.7. The van der Waals surface area contributed by atoms with Crippen LogP contribution in [0.3, 0.4) is 0 Å². The molecule has 0 saturated heterocycles. The van der Waals surface area contributed by atoms with Gasteiger partial charge in [-0.3, -0.25) is 9.40 Å². The van der Waals surface area contributed by atoms with Crippen molar-refractivity contribution in [1.29, 1.82) is 0 Å². The fraction of sp³-hybridized carbons (Fsp3) is 0.278. The van der Waals surface area contributed by atoms with Crippen LogP contribution >= 0.6 is 10.2 Å². The van der Waals surface area contributed by atoms with Gasteiger partial charge < -0.3 is 10.8 Å². The summed E-state index contributed by atoms with van der Waals surface area (Å²) in [5.41, 5.74) is 3.63. The van der Waals surface area contributed by atoms with Gasteiger partial charge in [0.05, 0.1) is 23.7 Å². The summed E-state index contributed by atoms with van der Waals surface area (Å²) in [4.78, 5) is -2.13.